The molecule has 0 radical (unpaired) electrons. The number of para-hydroxylation sites is 1. The summed E-state index contributed by atoms with van der Waals surface area (Å²) >= 11 is 3.49. The summed E-state index contributed by atoms with van der Waals surface area (Å²) in [6.45, 7) is 2.60. The highest BCUT2D eigenvalue weighted by atomic mass is 79.9. The van der Waals surface area contributed by atoms with Crippen molar-refractivity contribution in [2.24, 2.45) is 0 Å². The zero-order valence-corrected chi connectivity index (χ0v) is 16.0. The molecule has 0 saturated carbocycles. The molecular weight excluding hydrogens is 394 g/mol. The number of anilines is 2. The standard InChI is InChI=1S/C19H20BrN5O/c1-2-26-17-6-4-3-5-14(17)16-11-15(12-7-9-13(20)10-8-12)22-19-23-18(21)24-25(16)19/h3-10,15-16H,2,11H2,1H3,(H3,21,22,23,24)/t15-,16-/m1/s1. The van der Waals surface area contributed by atoms with Gasteiger partial charge in [-0.25, -0.2) is 4.68 Å². The van der Waals surface area contributed by atoms with Gasteiger partial charge < -0.3 is 15.8 Å². The highest BCUT2D eigenvalue weighted by Gasteiger charge is 2.32. The summed E-state index contributed by atoms with van der Waals surface area (Å²) in [5.74, 6) is 1.82. The number of nitrogen functional groups attached to an aromatic ring is 1. The Hall–Kier alpha value is -2.54. The Balaban J connectivity index is 1.77. The fourth-order valence-electron chi connectivity index (χ4n) is 3.41. The van der Waals surface area contributed by atoms with E-state index in [-0.39, 0.29) is 18.0 Å². The van der Waals surface area contributed by atoms with Gasteiger partial charge in [-0.05, 0) is 37.1 Å². The number of hydrogen-bond acceptors (Lipinski definition) is 5. The van der Waals surface area contributed by atoms with Crippen LogP contribution in [0.25, 0.3) is 0 Å². The maximum Gasteiger partial charge on any atom is 0.241 e. The van der Waals surface area contributed by atoms with Crippen LogP contribution in [0.3, 0.4) is 0 Å². The number of nitrogens with two attached hydrogens (primary N) is 1. The van der Waals surface area contributed by atoms with Crippen molar-refractivity contribution in [3.63, 3.8) is 0 Å². The van der Waals surface area contributed by atoms with E-state index in [0.717, 1.165) is 22.2 Å². The Morgan fingerprint density at radius 3 is 2.77 bits per heavy atom. The summed E-state index contributed by atoms with van der Waals surface area (Å²) in [5, 5.41) is 7.87. The van der Waals surface area contributed by atoms with Gasteiger partial charge in [0.25, 0.3) is 0 Å². The van der Waals surface area contributed by atoms with Gasteiger partial charge in [-0.2, -0.15) is 4.98 Å². The Bertz CT molecular complexity index is 909. The zero-order chi connectivity index (χ0) is 18.1. The molecule has 6 nitrogen and oxygen atoms in total. The maximum absolute atomic E-state index is 5.88. The van der Waals surface area contributed by atoms with E-state index in [1.54, 1.807) is 0 Å². The lowest BCUT2D eigenvalue weighted by molar-refractivity contribution is 0.325. The van der Waals surface area contributed by atoms with Crippen molar-refractivity contribution in [2.75, 3.05) is 17.7 Å². The first-order valence-corrected chi connectivity index (χ1v) is 9.40. The molecule has 26 heavy (non-hydrogen) atoms. The second kappa shape index (κ2) is 6.99. The highest BCUT2D eigenvalue weighted by molar-refractivity contribution is 9.10. The molecule has 0 fully saturated rings. The number of nitrogens with zero attached hydrogens (tertiary/aromatic N) is 3. The fraction of sp³-hybridized carbons (Fsp3) is 0.263. The molecular formula is C19H20BrN5O. The van der Waals surface area contributed by atoms with Gasteiger partial charge in [0.05, 0.1) is 18.7 Å². The van der Waals surface area contributed by atoms with E-state index >= 15 is 0 Å². The third-order valence-corrected chi connectivity index (χ3v) is 5.08. The average Bonchev–Trinajstić information content (AvgIpc) is 3.02. The van der Waals surface area contributed by atoms with Crippen LogP contribution in [0.15, 0.2) is 53.0 Å². The quantitative estimate of drug-likeness (QED) is 0.670. The normalized spacial score (nSPS) is 18.8. The van der Waals surface area contributed by atoms with E-state index in [0.29, 0.717) is 12.6 Å². The van der Waals surface area contributed by atoms with Gasteiger partial charge in [-0.1, -0.05) is 46.3 Å². The smallest absolute Gasteiger partial charge is 0.241 e. The SMILES string of the molecule is CCOc1ccccc1[C@H]1C[C@H](c2ccc(Br)cc2)Nc2nc(N)nn21. The van der Waals surface area contributed by atoms with Gasteiger partial charge in [0.2, 0.25) is 11.9 Å². The van der Waals surface area contributed by atoms with Crippen LogP contribution in [0.5, 0.6) is 5.75 Å². The van der Waals surface area contributed by atoms with Gasteiger partial charge in [0, 0.05) is 10.0 Å². The largest absolute Gasteiger partial charge is 0.494 e. The van der Waals surface area contributed by atoms with E-state index in [2.05, 4.69) is 49.5 Å². The lowest BCUT2D eigenvalue weighted by Gasteiger charge is -2.32. The predicted octanol–water partition coefficient (Wildman–Crippen LogP) is 4.17. The Kier molecular flexibility index (Phi) is 4.55. The number of halogens is 1. The monoisotopic (exact) mass is 413 g/mol. The van der Waals surface area contributed by atoms with Crippen LogP contribution in [0.2, 0.25) is 0 Å². The molecule has 1 aliphatic heterocycles. The molecule has 0 spiro atoms. The van der Waals surface area contributed by atoms with Gasteiger partial charge >= 0.3 is 0 Å². The maximum atomic E-state index is 5.88. The molecule has 3 N–H and O–H groups in total. The summed E-state index contributed by atoms with van der Waals surface area (Å²) in [6.07, 6.45) is 0.821. The molecule has 3 aromatic rings. The first-order chi connectivity index (χ1) is 12.7. The number of aromatic nitrogens is 3. The molecule has 2 aromatic carbocycles. The minimum atomic E-state index is -0.00699. The lowest BCUT2D eigenvalue weighted by atomic mass is 9.93. The molecule has 0 unspecified atom stereocenters. The number of rotatable bonds is 4. The van der Waals surface area contributed by atoms with Crippen molar-refractivity contribution >= 4 is 27.8 Å². The number of benzene rings is 2. The number of ether oxygens (including phenoxy) is 1. The lowest BCUT2D eigenvalue weighted by Crippen LogP contribution is -2.28. The van der Waals surface area contributed by atoms with Gasteiger partial charge in [0.15, 0.2) is 0 Å². The molecule has 134 valence electrons. The third-order valence-electron chi connectivity index (χ3n) is 4.56. The van der Waals surface area contributed by atoms with Gasteiger partial charge in [0.1, 0.15) is 5.75 Å². The second-order valence-corrected chi connectivity index (χ2v) is 7.12. The predicted molar refractivity (Wildman–Crippen MR) is 105 cm³/mol. The van der Waals surface area contributed by atoms with Crippen LogP contribution in [0.4, 0.5) is 11.9 Å². The highest BCUT2D eigenvalue weighted by Crippen LogP contribution is 2.41. The second-order valence-electron chi connectivity index (χ2n) is 6.21. The van der Waals surface area contributed by atoms with Crippen LogP contribution in [0, 0.1) is 0 Å². The summed E-state index contributed by atoms with van der Waals surface area (Å²) in [6, 6.07) is 16.5. The molecule has 0 amide bonds. The van der Waals surface area contributed by atoms with Crippen LogP contribution in [0.1, 0.15) is 36.6 Å². The molecule has 1 aliphatic rings. The average molecular weight is 414 g/mol. The molecule has 0 aliphatic carbocycles. The van der Waals surface area contributed by atoms with E-state index in [1.165, 1.54) is 5.56 Å². The molecule has 0 saturated heterocycles. The first-order valence-electron chi connectivity index (χ1n) is 8.61. The molecule has 7 heteroatoms. The molecule has 2 atom stereocenters. The summed E-state index contributed by atoms with van der Waals surface area (Å²) in [4.78, 5) is 4.36. The number of hydrogen-bond donors (Lipinski definition) is 2. The van der Waals surface area contributed by atoms with Crippen molar-refractivity contribution in [2.45, 2.75) is 25.4 Å². The van der Waals surface area contributed by atoms with Crippen molar-refractivity contribution in [3.8, 4) is 5.75 Å². The van der Waals surface area contributed by atoms with E-state index in [1.807, 2.05) is 41.9 Å². The topological polar surface area (TPSA) is 78.0 Å². The summed E-state index contributed by atoms with van der Waals surface area (Å²) in [5.41, 5.74) is 8.16. The Labute approximate surface area is 160 Å². The van der Waals surface area contributed by atoms with Crippen molar-refractivity contribution in [3.05, 3.63) is 64.1 Å². The van der Waals surface area contributed by atoms with Crippen molar-refractivity contribution in [1.29, 1.82) is 0 Å². The molecule has 1 aromatic heterocycles. The summed E-state index contributed by atoms with van der Waals surface area (Å²) < 4.78 is 8.77. The minimum absolute atomic E-state index is 0.00699. The van der Waals surface area contributed by atoms with Crippen molar-refractivity contribution in [1.82, 2.24) is 14.8 Å². The molecule has 4 rings (SSSR count). The van der Waals surface area contributed by atoms with Gasteiger partial charge in [-0.3, -0.25) is 0 Å². The van der Waals surface area contributed by atoms with Crippen molar-refractivity contribution < 1.29 is 4.74 Å². The number of fused-ring (bicyclic) bond motifs is 1. The molecule has 2 heterocycles. The van der Waals surface area contributed by atoms with E-state index in [4.69, 9.17) is 10.5 Å². The van der Waals surface area contributed by atoms with E-state index in [9.17, 15) is 0 Å². The van der Waals surface area contributed by atoms with Crippen LogP contribution >= 0.6 is 15.9 Å². The molecule has 0 bridgehead atoms. The van der Waals surface area contributed by atoms with E-state index < -0.39 is 0 Å². The van der Waals surface area contributed by atoms with Crippen LogP contribution in [-0.4, -0.2) is 21.4 Å². The summed E-state index contributed by atoms with van der Waals surface area (Å²) in [7, 11) is 0. The minimum Gasteiger partial charge on any atom is -0.494 e. The number of nitrogens with one attached hydrogen (secondary N) is 1. The Morgan fingerprint density at radius 2 is 2.00 bits per heavy atom. The zero-order valence-electron chi connectivity index (χ0n) is 14.4. The van der Waals surface area contributed by atoms with Crippen LogP contribution < -0.4 is 15.8 Å². The fourth-order valence-corrected chi connectivity index (χ4v) is 3.67. The van der Waals surface area contributed by atoms with Gasteiger partial charge in [-0.15, -0.1) is 5.10 Å². The third kappa shape index (κ3) is 3.14. The Morgan fingerprint density at radius 1 is 1.23 bits per heavy atom. The first kappa shape index (κ1) is 16.9. The van der Waals surface area contributed by atoms with Crippen LogP contribution in [-0.2, 0) is 0 Å².